The molecule has 2 aromatic rings. The van der Waals surface area contributed by atoms with E-state index in [1.807, 2.05) is 12.1 Å². The third-order valence-corrected chi connectivity index (χ3v) is 3.95. The summed E-state index contributed by atoms with van der Waals surface area (Å²) in [6.45, 7) is 1.11. The molecule has 19 heavy (non-hydrogen) atoms. The maximum absolute atomic E-state index is 12.5. The molecule has 4 nitrogen and oxygen atoms in total. The van der Waals surface area contributed by atoms with Crippen LogP contribution in [-0.2, 0) is 12.8 Å². The predicted octanol–water partition coefficient (Wildman–Crippen LogP) is 2.18. The summed E-state index contributed by atoms with van der Waals surface area (Å²) in [6, 6.07) is 3.71. The third-order valence-electron chi connectivity index (χ3n) is 3.95. The van der Waals surface area contributed by atoms with Crippen molar-refractivity contribution in [1.29, 1.82) is 0 Å². The summed E-state index contributed by atoms with van der Waals surface area (Å²) in [5, 5.41) is 0.713. The highest BCUT2D eigenvalue weighted by Gasteiger charge is 2.19. The highest BCUT2D eigenvalue weighted by molar-refractivity contribution is 5.83. The largest absolute Gasteiger partial charge is 0.486 e. The number of nitrogens with one attached hydrogen (secondary N) is 1. The molecule has 2 aliphatic rings. The van der Waals surface area contributed by atoms with Crippen molar-refractivity contribution < 1.29 is 9.47 Å². The number of H-pyrrole nitrogens is 1. The van der Waals surface area contributed by atoms with E-state index in [4.69, 9.17) is 9.47 Å². The number of aromatic nitrogens is 1. The molecule has 1 aliphatic carbocycles. The Labute approximate surface area is 110 Å². The van der Waals surface area contributed by atoms with Gasteiger partial charge in [-0.2, -0.15) is 0 Å². The van der Waals surface area contributed by atoms with Gasteiger partial charge in [-0.1, -0.05) is 0 Å². The van der Waals surface area contributed by atoms with Crippen molar-refractivity contribution in [3.8, 4) is 11.5 Å². The lowest BCUT2D eigenvalue weighted by atomic mass is 9.94. The lowest BCUT2D eigenvalue weighted by Gasteiger charge is -2.20. The van der Waals surface area contributed by atoms with E-state index in [0.717, 1.165) is 48.2 Å². The molecule has 0 bridgehead atoms. The zero-order chi connectivity index (χ0) is 12.8. The number of ether oxygens (including phenoxy) is 2. The molecule has 4 rings (SSSR count). The zero-order valence-corrected chi connectivity index (χ0v) is 10.6. The molecule has 0 saturated heterocycles. The van der Waals surface area contributed by atoms with Crippen molar-refractivity contribution in [3.05, 3.63) is 33.6 Å². The van der Waals surface area contributed by atoms with Gasteiger partial charge in [0.1, 0.15) is 13.2 Å². The molecule has 98 valence electrons. The molecule has 0 spiro atoms. The molecular formula is C15H15NO3. The zero-order valence-electron chi connectivity index (χ0n) is 10.6. The molecule has 2 heterocycles. The fraction of sp³-hybridized carbons (Fsp3) is 0.400. The minimum atomic E-state index is 0.153. The molecule has 4 heteroatoms. The first-order chi connectivity index (χ1) is 9.33. The van der Waals surface area contributed by atoms with Gasteiger partial charge in [-0.25, -0.2) is 0 Å². The Hall–Kier alpha value is -1.97. The molecule has 1 N–H and O–H groups in total. The van der Waals surface area contributed by atoms with E-state index >= 15 is 0 Å². The van der Waals surface area contributed by atoms with Gasteiger partial charge in [0, 0.05) is 22.7 Å². The second-order valence-electron chi connectivity index (χ2n) is 5.16. The Balaban J connectivity index is 2.02. The molecular weight excluding hydrogens is 242 g/mol. The van der Waals surface area contributed by atoms with E-state index < -0.39 is 0 Å². The van der Waals surface area contributed by atoms with Gasteiger partial charge in [0.2, 0.25) is 0 Å². The second-order valence-corrected chi connectivity index (χ2v) is 5.16. The average molecular weight is 257 g/mol. The maximum atomic E-state index is 12.5. The van der Waals surface area contributed by atoms with Crippen molar-refractivity contribution in [2.24, 2.45) is 0 Å². The Kier molecular flexibility index (Phi) is 2.31. The first-order valence-electron chi connectivity index (χ1n) is 6.80. The van der Waals surface area contributed by atoms with Crippen molar-refractivity contribution in [3.63, 3.8) is 0 Å². The van der Waals surface area contributed by atoms with Crippen LogP contribution < -0.4 is 14.9 Å². The van der Waals surface area contributed by atoms with Crippen LogP contribution in [0, 0.1) is 0 Å². The third kappa shape index (κ3) is 1.63. The fourth-order valence-electron chi connectivity index (χ4n) is 3.00. The Bertz CT molecular complexity index is 712. The number of rotatable bonds is 0. The average Bonchev–Trinajstić information content (AvgIpc) is 2.46. The van der Waals surface area contributed by atoms with Crippen molar-refractivity contribution in [2.45, 2.75) is 25.7 Å². The van der Waals surface area contributed by atoms with E-state index in [9.17, 15) is 4.79 Å². The molecule has 0 amide bonds. The summed E-state index contributed by atoms with van der Waals surface area (Å²) in [5.41, 5.74) is 3.06. The van der Waals surface area contributed by atoms with Crippen LogP contribution in [0.1, 0.15) is 24.1 Å². The number of hydrogen-bond donors (Lipinski definition) is 1. The van der Waals surface area contributed by atoms with Crippen LogP contribution in [0.5, 0.6) is 11.5 Å². The summed E-state index contributed by atoms with van der Waals surface area (Å²) in [7, 11) is 0. The first kappa shape index (κ1) is 10.9. The molecule has 0 saturated carbocycles. The lowest BCUT2D eigenvalue weighted by molar-refractivity contribution is 0.172. The van der Waals surface area contributed by atoms with Gasteiger partial charge in [0.05, 0.1) is 5.52 Å². The molecule has 1 aliphatic heterocycles. The van der Waals surface area contributed by atoms with Crippen molar-refractivity contribution in [2.75, 3.05) is 13.2 Å². The lowest BCUT2D eigenvalue weighted by Crippen LogP contribution is -2.20. The van der Waals surface area contributed by atoms with Gasteiger partial charge in [-0.05, 0) is 31.7 Å². The van der Waals surface area contributed by atoms with Crippen LogP contribution in [-0.4, -0.2) is 18.2 Å². The van der Waals surface area contributed by atoms with E-state index in [1.54, 1.807) is 0 Å². The monoisotopic (exact) mass is 257 g/mol. The summed E-state index contributed by atoms with van der Waals surface area (Å²) in [5.74, 6) is 1.41. The van der Waals surface area contributed by atoms with E-state index in [-0.39, 0.29) is 5.43 Å². The van der Waals surface area contributed by atoms with E-state index in [1.165, 1.54) is 0 Å². The van der Waals surface area contributed by atoms with Gasteiger partial charge >= 0.3 is 0 Å². The summed E-state index contributed by atoms with van der Waals surface area (Å²) < 4.78 is 11.1. The van der Waals surface area contributed by atoms with Crippen molar-refractivity contribution in [1.82, 2.24) is 4.98 Å². The molecule has 1 aromatic carbocycles. The standard InChI is InChI=1S/C15H15NO3/c17-15-9-3-1-2-4-11(9)16-12-8-14-13(7-10(12)15)18-5-6-19-14/h7-8H,1-6H2,(H,16,17). The Morgan fingerprint density at radius 1 is 1.00 bits per heavy atom. The Morgan fingerprint density at radius 3 is 2.58 bits per heavy atom. The summed E-state index contributed by atoms with van der Waals surface area (Å²) in [4.78, 5) is 15.9. The number of fused-ring (bicyclic) bond motifs is 3. The van der Waals surface area contributed by atoms with Crippen molar-refractivity contribution >= 4 is 10.9 Å². The second kappa shape index (κ2) is 4.02. The topological polar surface area (TPSA) is 51.3 Å². The van der Waals surface area contributed by atoms with Gasteiger partial charge in [0.15, 0.2) is 16.9 Å². The minimum absolute atomic E-state index is 0.153. The highest BCUT2D eigenvalue weighted by Crippen LogP contribution is 2.33. The number of benzene rings is 1. The maximum Gasteiger partial charge on any atom is 0.192 e. The van der Waals surface area contributed by atoms with Crippen LogP contribution in [0.25, 0.3) is 10.9 Å². The number of pyridine rings is 1. The van der Waals surface area contributed by atoms with Gasteiger partial charge in [0.25, 0.3) is 0 Å². The predicted molar refractivity (Wildman–Crippen MR) is 72.2 cm³/mol. The van der Waals surface area contributed by atoms with E-state index in [0.29, 0.717) is 24.3 Å². The summed E-state index contributed by atoms with van der Waals surface area (Å²) in [6.07, 6.45) is 4.11. The molecule has 0 fully saturated rings. The van der Waals surface area contributed by atoms with E-state index in [2.05, 4.69) is 4.98 Å². The van der Waals surface area contributed by atoms with Crippen LogP contribution in [0.2, 0.25) is 0 Å². The van der Waals surface area contributed by atoms with Crippen LogP contribution in [0.3, 0.4) is 0 Å². The SMILES string of the molecule is O=c1c2c([nH]c3cc4c(cc13)OCCO4)CCCC2. The molecule has 0 radical (unpaired) electrons. The Morgan fingerprint density at radius 2 is 1.74 bits per heavy atom. The quantitative estimate of drug-likeness (QED) is 0.787. The number of aryl methyl sites for hydroxylation is 1. The van der Waals surface area contributed by atoms with Crippen LogP contribution >= 0.6 is 0 Å². The minimum Gasteiger partial charge on any atom is -0.486 e. The van der Waals surface area contributed by atoms with Gasteiger partial charge in [-0.3, -0.25) is 4.79 Å². The molecule has 0 unspecified atom stereocenters. The van der Waals surface area contributed by atoms with Crippen LogP contribution in [0.15, 0.2) is 16.9 Å². The number of aromatic amines is 1. The highest BCUT2D eigenvalue weighted by atomic mass is 16.6. The normalized spacial score (nSPS) is 17.3. The number of hydrogen-bond acceptors (Lipinski definition) is 3. The van der Waals surface area contributed by atoms with Gasteiger partial charge < -0.3 is 14.5 Å². The smallest absolute Gasteiger partial charge is 0.192 e. The fourth-order valence-corrected chi connectivity index (χ4v) is 3.00. The molecule has 0 atom stereocenters. The van der Waals surface area contributed by atoms with Gasteiger partial charge in [-0.15, -0.1) is 0 Å². The molecule has 1 aromatic heterocycles. The first-order valence-corrected chi connectivity index (χ1v) is 6.80. The summed E-state index contributed by atoms with van der Waals surface area (Å²) >= 11 is 0. The van der Waals surface area contributed by atoms with Crippen LogP contribution in [0.4, 0.5) is 0 Å².